The van der Waals surface area contributed by atoms with Crippen LogP contribution in [0.5, 0.6) is 0 Å². The van der Waals surface area contributed by atoms with E-state index >= 15 is 0 Å². The molecule has 2 fully saturated rings. The summed E-state index contributed by atoms with van der Waals surface area (Å²) >= 11 is 0. The predicted octanol–water partition coefficient (Wildman–Crippen LogP) is 4.37. The highest BCUT2D eigenvalue weighted by Gasteiger charge is 2.33. The lowest BCUT2D eigenvalue weighted by Gasteiger charge is -2.37. The number of nitrogens with zero attached hydrogens (tertiary/aromatic N) is 2. The molecule has 0 atom stereocenters. The number of anilines is 1. The van der Waals surface area contributed by atoms with Gasteiger partial charge < -0.3 is 15.0 Å². The van der Waals surface area contributed by atoms with Gasteiger partial charge in [-0.2, -0.15) is 0 Å². The van der Waals surface area contributed by atoms with Gasteiger partial charge >= 0.3 is 6.09 Å². The largest absolute Gasteiger partial charge is 0.449 e. The lowest BCUT2D eigenvalue weighted by molar-refractivity contribution is -0.121. The maximum Gasteiger partial charge on any atom is 0.410 e. The molecule has 1 aromatic carbocycles. The van der Waals surface area contributed by atoms with E-state index in [0.717, 1.165) is 25.3 Å². The highest BCUT2D eigenvalue weighted by atomic mass is 19.1. The molecule has 0 radical (unpaired) electrons. The minimum absolute atomic E-state index is 0.105. The molecule has 1 aliphatic heterocycles. The second-order valence-electron chi connectivity index (χ2n) is 7.75. The third-order valence-corrected chi connectivity index (χ3v) is 5.72. The van der Waals surface area contributed by atoms with Crippen molar-refractivity contribution in [2.24, 2.45) is 5.92 Å². The molecule has 0 bridgehead atoms. The number of carbonyl (C=O) groups is 2. The number of hydrogen-bond donors (Lipinski definition) is 1. The first-order valence-corrected chi connectivity index (χ1v) is 10.2. The number of rotatable bonds is 4. The van der Waals surface area contributed by atoms with E-state index in [0.29, 0.717) is 42.9 Å². The molecule has 8 heteroatoms. The number of cyclic esters (lactones) is 1. The number of benzene rings is 1. The van der Waals surface area contributed by atoms with Crippen LogP contribution in [0.4, 0.5) is 19.4 Å². The lowest BCUT2D eigenvalue weighted by Crippen LogP contribution is -2.46. The number of amides is 2. The second-order valence-corrected chi connectivity index (χ2v) is 7.75. The van der Waals surface area contributed by atoms with Gasteiger partial charge in [0, 0.05) is 36.3 Å². The normalized spacial score (nSPS) is 21.8. The fourth-order valence-corrected chi connectivity index (χ4v) is 4.14. The van der Waals surface area contributed by atoms with Gasteiger partial charge in [0.15, 0.2) is 0 Å². The van der Waals surface area contributed by atoms with Gasteiger partial charge in [0.05, 0.1) is 6.61 Å². The van der Waals surface area contributed by atoms with Crippen LogP contribution in [0.1, 0.15) is 32.1 Å². The Bertz CT molecular complexity index is 907. The molecule has 6 nitrogen and oxygen atoms in total. The average Bonchev–Trinajstić information content (AvgIpc) is 2.74. The van der Waals surface area contributed by atoms with Gasteiger partial charge in [0.2, 0.25) is 5.91 Å². The van der Waals surface area contributed by atoms with Crippen LogP contribution in [0.3, 0.4) is 0 Å². The molecule has 1 saturated heterocycles. The van der Waals surface area contributed by atoms with Crippen molar-refractivity contribution < 1.29 is 23.1 Å². The summed E-state index contributed by atoms with van der Waals surface area (Å²) in [5, 5.41) is 2.81. The first kappa shape index (κ1) is 20.3. The molecule has 30 heavy (non-hydrogen) atoms. The van der Waals surface area contributed by atoms with E-state index < -0.39 is 11.6 Å². The average molecular weight is 415 g/mol. The molecule has 2 aromatic rings. The maximum atomic E-state index is 13.4. The third-order valence-electron chi connectivity index (χ3n) is 5.72. The Morgan fingerprint density at radius 3 is 2.43 bits per heavy atom. The topological polar surface area (TPSA) is 71.5 Å². The zero-order valence-electron chi connectivity index (χ0n) is 16.4. The lowest BCUT2D eigenvalue weighted by atomic mass is 9.84. The summed E-state index contributed by atoms with van der Waals surface area (Å²) in [5.41, 5.74) is 0.938. The number of carbonyl (C=O) groups excluding carboxylic acids is 2. The van der Waals surface area contributed by atoms with E-state index in [4.69, 9.17) is 4.74 Å². The minimum Gasteiger partial charge on any atom is -0.449 e. The Balaban J connectivity index is 1.32. The Labute approximate surface area is 173 Å². The zero-order chi connectivity index (χ0) is 21.1. The Hall–Kier alpha value is -3.03. The SMILES string of the molecule is O=C1OCCCN1[C@H]1CC[C@H](C(=O)Nc2ccc(-c3cc(F)cc(F)c3)cn2)CC1. The molecule has 158 valence electrons. The highest BCUT2D eigenvalue weighted by Crippen LogP contribution is 2.30. The molecular formula is C22H23F2N3O3. The van der Waals surface area contributed by atoms with Gasteiger partial charge in [-0.05, 0) is 61.9 Å². The quantitative estimate of drug-likeness (QED) is 0.805. The summed E-state index contributed by atoms with van der Waals surface area (Å²) in [6, 6.07) is 6.69. The van der Waals surface area contributed by atoms with Gasteiger partial charge in [-0.3, -0.25) is 4.79 Å². The van der Waals surface area contributed by atoms with Crippen molar-refractivity contribution >= 4 is 17.8 Å². The molecule has 2 heterocycles. The molecule has 0 spiro atoms. The molecule has 4 rings (SSSR count). The van der Waals surface area contributed by atoms with Gasteiger partial charge in [0.1, 0.15) is 17.5 Å². The van der Waals surface area contributed by atoms with Crippen LogP contribution in [0, 0.1) is 17.6 Å². The standard InChI is InChI=1S/C22H23F2N3O3/c23-17-10-16(11-18(24)12-17)15-4-7-20(25-13-15)26-21(28)14-2-5-19(6-3-14)27-8-1-9-30-22(27)29/h4,7,10-14,19H,1-3,5-6,8-9H2,(H,25,26,28)/t14-,19-. The number of ether oxygens (including phenoxy) is 1. The highest BCUT2D eigenvalue weighted by molar-refractivity contribution is 5.91. The van der Waals surface area contributed by atoms with Crippen molar-refractivity contribution in [2.45, 2.75) is 38.1 Å². The first-order chi connectivity index (χ1) is 14.5. The number of nitrogens with one attached hydrogen (secondary N) is 1. The van der Waals surface area contributed by atoms with Crippen molar-refractivity contribution in [3.8, 4) is 11.1 Å². The number of hydrogen-bond acceptors (Lipinski definition) is 4. The van der Waals surface area contributed by atoms with Crippen LogP contribution in [0.15, 0.2) is 36.5 Å². The summed E-state index contributed by atoms with van der Waals surface area (Å²) < 4.78 is 31.9. The van der Waals surface area contributed by atoms with E-state index in [1.165, 1.54) is 18.3 Å². The van der Waals surface area contributed by atoms with Gasteiger partial charge in [-0.15, -0.1) is 0 Å². The summed E-state index contributed by atoms with van der Waals surface area (Å²) in [6.07, 6.45) is 4.99. The van der Waals surface area contributed by atoms with Crippen LogP contribution in [0.2, 0.25) is 0 Å². The zero-order valence-corrected chi connectivity index (χ0v) is 16.4. The van der Waals surface area contributed by atoms with Gasteiger partial charge in [-0.25, -0.2) is 18.6 Å². The smallest absolute Gasteiger partial charge is 0.410 e. The number of aromatic nitrogens is 1. The molecule has 1 aromatic heterocycles. The Kier molecular flexibility index (Phi) is 5.92. The Morgan fingerprint density at radius 1 is 1.07 bits per heavy atom. The third kappa shape index (κ3) is 4.58. The van der Waals surface area contributed by atoms with E-state index in [1.54, 1.807) is 17.0 Å². The minimum atomic E-state index is -0.657. The summed E-state index contributed by atoms with van der Waals surface area (Å²) in [7, 11) is 0. The second kappa shape index (κ2) is 8.77. The van der Waals surface area contributed by atoms with Gasteiger partial charge in [0.25, 0.3) is 0 Å². The molecule has 0 unspecified atom stereocenters. The van der Waals surface area contributed by atoms with Crippen molar-refractivity contribution in [1.29, 1.82) is 0 Å². The number of pyridine rings is 1. The van der Waals surface area contributed by atoms with E-state index in [1.807, 2.05) is 0 Å². The fraction of sp³-hybridized carbons (Fsp3) is 0.409. The summed E-state index contributed by atoms with van der Waals surface area (Å²) in [4.78, 5) is 30.5. The van der Waals surface area contributed by atoms with Crippen molar-refractivity contribution in [3.63, 3.8) is 0 Å². The van der Waals surface area contributed by atoms with Gasteiger partial charge in [-0.1, -0.05) is 0 Å². The van der Waals surface area contributed by atoms with Crippen molar-refractivity contribution in [1.82, 2.24) is 9.88 Å². The van der Waals surface area contributed by atoms with E-state index in [-0.39, 0.29) is 24.0 Å². The monoisotopic (exact) mass is 415 g/mol. The van der Waals surface area contributed by atoms with Crippen LogP contribution in [-0.2, 0) is 9.53 Å². The summed E-state index contributed by atoms with van der Waals surface area (Å²) in [6.45, 7) is 1.19. The van der Waals surface area contributed by atoms with Crippen LogP contribution in [-0.4, -0.2) is 41.1 Å². The molecule has 1 saturated carbocycles. The molecule has 1 aliphatic carbocycles. The van der Waals surface area contributed by atoms with Crippen LogP contribution >= 0.6 is 0 Å². The fourth-order valence-electron chi connectivity index (χ4n) is 4.14. The van der Waals surface area contributed by atoms with E-state index in [2.05, 4.69) is 10.3 Å². The molecule has 2 amide bonds. The van der Waals surface area contributed by atoms with Crippen molar-refractivity contribution in [3.05, 3.63) is 48.2 Å². The maximum absolute atomic E-state index is 13.4. The first-order valence-electron chi connectivity index (χ1n) is 10.2. The summed E-state index contributed by atoms with van der Waals surface area (Å²) in [5.74, 6) is -1.17. The number of halogens is 2. The molecule has 1 N–H and O–H groups in total. The van der Waals surface area contributed by atoms with Crippen molar-refractivity contribution in [2.75, 3.05) is 18.5 Å². The van der Waals surface area contributed by atoms with Crippen LogP contribution < -0.4 is 5.32 Å². The van der Waals surface area contributed by atoms with Crippen LogP contribution in [0.25, 0.3) is 11.1 Å². The van der Waals surface area contributed by atoms with E-state index in [9.17, 15) is 18.4 Å². The Morgan fingerprint density at radius 2 is 1.80 bits per heavy atom. The predicted molar refractivity (Wildman–Crippen MR) is 107 cm³/mol. The molecule has 2 aliphatic rings. The molecular weight excluding hydrogens is 392 g/mol.